The van der Waals surface area contributed by atoms with Crippen LogP contribution in [0.3, 0.4) is 0 Å². The molecular formula is C16H30N2O3. The average Bonchev–Trinajstić information content (AvgIpc) is 2.29. The number of nitrogens with zero attached hydrogens (tertiary/aromatic N) is 1. The van der Waals surface area contributed by atoms with Crippen LogP contribution in [0.5, 0.6) is 0 Å². The van der Waals surface area contributed by atoms with Gasteiger partial charge in [-0.25, -0.2) is 4.79 Å². The van der Waals surface area contributed by atoms with Crippen LogP contribution < -0.4 is 5.32 Å². The lowest BCUT2D eigenvalue weighted by atomic mass is 9.87. The molecule has 0 radical (unpaired) electrons. The predicted octanol–water partition coefficient (Wildman–Crippen LogP) is 3.10. The van der Waals surface area contributed by atoms with Gasteiger partial charge in [-0.15, -0.1) is 0 Å². The summed E-state index contributed by atoms with van der Waals surface area (Å²) in [4.78, 5) is 25.3. The summed E-state index contributed by atoms with van der Waals surface area (Å²) in [6.45, 7) is 11.2. The minimum atomic E-state index is -0.871. The molecule has 0 aliphatic carbocycles. The molecule has 0 aromatic carbocycles. The lowest BCUT2D eigenvalue weighted by Gasteiger charge is -2.39. The number of hydrogen-bond donors (Lipinski definition) is 2. The third-order valence-corrected chi connectivity index (χ3v) is 4.24. The number of carbonyl (C=O) groups is 2. The highest BCUT2D eigenvalue weighted by Gasteiger charge is 2.30. The van der Waals surface area contributed by atoms with Crippen molar-refractivity contribution in [2.45, 2.75) is 72.4 Å². The molecule has 2 N–H and O–H groups in total. The fraction of sp³-hybridized carbons (Fsp3) is 0.875. The van der Waals surface area contributed by atoms with Gasteiger partial charge in [-0.1, -0.05) is 27.7 Å². The fourth-order valence-corrected chi connectivity index (χ4v) is 3.00. The second-order valence-electron chi connectivity index (χ2n) is 7.56. The fourth-order valence-electron chi connectivity index (χ4n) is 3.00. The lowest BCUT2D eigenvalue weighted by molar-refractivity contribution is -0.137. The van der Waals surface area contributed by atoms with E-state index in [1.165, 1.54) is 0 Å². The van der Waals surface area contributed by atoms with E-state index in [0.29, 0.717) is 12.3 Å². The maximum Gasteiger partial charge on any atom is 0.317 e. The van der Waals surface area contributed by atoms with Crippen molar-refractivity contribution in [3.05, 3.63) is 0 Å². The van der Waals surface area contributed by atoms with Crippen molar-refractivity contribution in [2.24, 2.45) is 11.3 Å². The third-order valence-electron chi connectivity index (χ3n) is 4.24. The summed E-state index contributed by atoms with van der Waals surface area (Å²) in [5, 5.41) is 12.0. The van der Waals surface area contributed by atoms with E-state index in [4.69, 9.17) is 5.11 Å². The van der Waals surface area contributed by atoms with Gasteiger partial charge in [0.05, 0.1) is 6.42 Å². The SMILES string of the molecule is CC1CCCN(C(=O)NC(CC(=O)O)CC(C)(C)C)C1C. The molecule has 0 aromatic rings. The molecule has 1 rings (SSSR count). The van der Waals surface area contributed by atoms with Crippen LogP contribution in [0.15, 0.2) is 0 Å². The van der Waals surface area contributed by atoms with E-state index in [0.717, 1.165) is 19.4 Å². The van der Waals surface area contributed by atoms with Crippen LogP contribution in [0.2, 0.25) is 0 Å². The highest BCUT2D eigenvalue weighted by Crippen LogP contribution is 2.25. The van der Waals surface area contributed by atoms with E-state index < -0.39 is 5.97 Å². The first-order valence-corrected chi connectivity index (χ1v) is 7.89. The topological polar surface area (TPSA) is 69.6 Å². The maximum atomic E-state index is 12.5. The van der Waals surface area contributed by atoms with Crippen molar-refractivity contribution in [3.8, 4) is 0 Å². The average molecular weight is 298 g/mol. The van der Waals surface area contributed by atoms with Crippen LogP contribution in [-0.2, 0) is 4.79 Å². The molecule has 1 aliphatic rings. The molecule has 1 heterocycles. The molecule has 5 nitrogen and oxygen atoms in total. The number of carbonyl (C=O) groups excluding carboxylic acids is 1. The number of nitrogens with one attached hydrogen (secondary N) is 1. The number of aliphatic carboxylic acids is 1. The molecule has 21 heavy (non-hydrogen) atoms. The summed E-state index contributed by atoms with van der Waals surface area (Å²) in [5.74, 6) is -0.380. The Morgan fingerprint density at radius 3 is 2.48 bits per heavy atom. The molecule has 3 atom stereocenters. The van der Waals surface area contributed by atoms with Gasteiger partial charge < -0.3 is 15.3 Å². The van der Waals surface area contributed by atoms with Crippen molar-refractivity contribution < 1.29 is 14.7 Å². The van der Waals surface area contributed by atoms with Crippen LogP contribution >= 0.6 is 0 Å². The summed E-state index contributed by atoms with van der Waals surface area (Å²) in [5.41, 5.74) is -0.0196. The largest absolute Gasteiger partial charge is 0.481 e. The Morgan fingerprint density at radius 2 is 1.95 bits per heavy atom. The molecule has 1 saturated heterocycles. The predicted molar refractivity (Wildman–Crippen MR) is 83.2 cm³/mol. The smallest absolute Gasteiger partial charge is 0.317 e. The van der Waals surface area contributed by atoms with Crippen molar-refractivity contribution in [1.82, 2.24) is 10.2 Å². The van der Waals surface area contributed by atoms with Crippen molar-refractivity contribution in [3.63, 3.8) is 0 Å². The lowest BCUT2D eigenvalue weighted by Crippen LogP contribution is -2.53. The van der Waals surface area contributed by atoms with Crippen LogP contribution in [0, 0.1) is 11.3 Å². The molecule has 0 bridgehead atoms. The molecule has 1 aliphatic heterocycles. The van der Waals surface area contributed by atoms with Crippen LogP contribution in [-0.4, -0.2) is 40.6 Å². The van der Waals surface area contributed by atoms with Crippen LogP contribution in [0.25, 0.3) is 0 Å². The van der Waals surface area contributed by atoms with Gasteiger partial charge in [0, 0.05) is 18.6 Å². The second kappa shape index (κ2) is 7.14. The first kappa shape index (κ1) is 17.8. The summed E-state index contributed by atoms with van der Waals surface area (Å²) in [6, 6.07) is -0.233. The van der Waals surface area contributed by atoms with Gasteiger partial charge in [0.15, 0.2) is 0 Å². The minimum Gasteiger partial charge on any atom is -0.481 e. The summed E-state index contributed by atoms with van der Waals surface area (Å²) >= 11 is 0. The molecule has 3 unspecified atom stereocenters. The van der Waals surface area contributed by atoms with Gasteiger partial charge in [-0.05, 0) is 37.5 Å². The number of amides is 2. The first-order valence-electron chi connectivity index (χ1n) is 7.89. The molecule has 0 spiro atoms. The summed E-state index contributed by atoms with van der Waals surface area (Å²) in [6.07, 6.45) is 2.79. The highest BCUT2D eigenvalue weighted by molar-refractivity contribution is 5.76. The molecule has 0 aromatic heterocycles. The van der Waals surface area contributed by atoms with Gasteiger partial charge in [0.2, 0.25) is 0 Å². The zero-order valence-electron chi connectivity index (χ0n) is 14.0. The van der Waals surface area contributed by atoms with Gasteiger partial charge >= 0.3 is 12.0 Å². The molecule has 1 fully saturated rings. The van der Waals surface area contributed by atoms with E-state index in [1.54, 1.807) is 0 Å². The van der Waals surface area contributed by atoms with E-state index in [2.05, 4.69) is 39.9 Å². The first-order chi connectivity index (χ1) is 9.60. The highest BCUT2D eigenvalue weighted by atomic mass is 16.4. The van der Waals surface area contributed by atoms with Gasteiger partial charge in [-0.3, -0.25) is 4.79 Å². The number of carboxylic acid groups (broad SMARTS) is 1. The summed E-state index contributed by atoms with van der Waals surface area (Å²) < 4.78 is 0. The summed E-state index contributed by atoms with van der Waals surface area (Å²) in [7, 11) is 0. The number of carboxylic acids is 1. The Labute approximate surface area is 128 Å². The van der Waals surface area contributed by atoms with Crippen LogP contribution in [0.1, 0.15) is 60.3 Å². The second-order valence-corrected chi connectivity index (χ2v) is 7.56. The quantitative estimate of drug-likeness (QED) is 0.838. The molecular weight excluding hydrogens is 268 g/mol. The Bertz CT molecular complexity index is 376. The Kier molecular flexibility index (Phi) is 6.05. The van der Waals surface area contributed by atoms with E-state index in [-0.39, 0.29) is 30.0 Å². The zero-order chi connectivity index (χ0) is 16.2. The maximum absolute atomic E-state index is 12.5. The van der Waals surface area contributed by atoms with Crippen LogP contribution in [0.4, 0.5) is 4.79 Å². The normalized spacial score (nSPS) is 24.5. The van der Waals surface area contributed by atoms with E-state index in [9.17, 15) is 9.59 Å². The Balaban J connectivity index is 2.68. The third kappa shape index (κ3) is 5.94. The molecule has 0 saturated carbocycles. The van der Waals surface area contributed by atoms with E-state index >= 15 is 0 Å². The van der Waals surface area contributed by atoms with Gasteiger partial charge in [-0.2, -0.15) is 0 Å². The molecule has 122 valence electrons. The minimum absolute atomic E-state index is 0.0196. The number of piperidine rings is 1. The number of urea groups is 1. The van der Waals surface area contributed by atoms with Gasteiger partial charge in [0.1, 0.15) is 0 Å². The Hall–Kier alpha value is -1.26. The molecule has 2 amide bonds. The number of hydrogen-bond acceptors (Lipinski definition) is 2. The number of likely N-dealkylation sites (tertiary alicyclic amines) is 1. The van der Waals surface area contributed by atoms with Crippen molar-refractivity contribution in [1.29, 1.82) is 0 Å². The Morgan fingerprint density at radius 1 is 1.33 bits per heavy atom. The standard InChI is InChI=1S/C16H30N2O3/c1-11-7-6-8-18(12(11)2)15(21)17-13(9-14(19)20)10-16(3,4)5/h11-13H,6-10H2,1-5H3,(H,17,21)(H,19,20). The van der Waals surface area contributed by atoms with Crippen molar-refractivity contribution >= 4 is 12.0 Å². The van der Waals surface area contributed by atoms with Gasteiger partial charge in [0.25, 0.3) is 0 Å². The number of rotatable bonds is 4. The zero-order valence-corrected chi connectivity index (χ0v) is 14.0. The van der Waals surface area contributed by atoms with E-state index in [1.807, 2.05) is 4.90 Å². The molecule has 5 heteroatoms. The van der Waals surface area contributed by atoms with Crippen molar-refractivity contribution in [2.75, 3.05) is 6.54 Å². The monoisotopic (exact) mass is 298 g/mol.